The Morgan fingerprint density at radius 2 is 1.92 bits per heavy atom. The van der Waals surface area contributed by atoms with E-state index in [-0.39, 0.29) is 12.4 Å². The van der Waals surface area contributed by atoms with Gasteiger partial charge in [-0.15, -0.1) is 0 Å². The standard InChI is InChI=1S/C18H16N4O2/c1-22-16(17(24)15(21-22)12-5-3-2-4-6-12)18-19-13-8-7-11(10-23)9-14(13)20-18/h2-9,23-24H,10H2,1H3,(H,19,20). The van der Waals surface area contributed by atoms with Crippen molar-refractivity contribution in [3.05, 3.63) is 54.1 Å². The van der Waals surface area contributed by atoms with Crippen LogP contribution in [0.25, 0.3) is 33.8 Å². The molecule has 0 bridgehead atoms. The van der Waals surface area contributed by atoms with Gasteiger partial charge in [0.2, 0.25) is 0 Å². The van der Waals surface area contributed by atoms with E-state index in [9.17, 15) is 10.2 Å². The van der Waals surface area contributed by atoms with Crippen LogP contribution in [0.2, 0.25) is 0 Å². The fraction of sp³-hybridized carbons (Fsp3) is 0.111. The number of nitrogens with zero attached hydrogens (tertiary/aromatic N) is 3. The molecule has 0 aliphatic rings. The van der Waals surface area contributed by atoms with Crippen LogP contribution in [0, 0.1) is 0 Å². The van der Waals surface area contributed by atoms with E-state index in [1.807, 2.05) is 48.5 Å². The van der Waals surface area contributed by atoms with E-state index in [2.05, 4.69) is 15.1 Å². The van der Waals surface area contributed by atoms with E-state index in [1.54, 1.807) is 11.7 Å². The summed E-state index contributed by atoms with van der Waals surface area (Å²) in [5.41, 5.74) is 4.26. The highest BCUT2D eigenvalue weighted by molar-refractivity contribution is 5.82. The first-order valence-electron chi connectivity index (χ1n) is 7.58. The number of hydrogen-bond acceptors (Lipinski definition) is 4. The van der Waals surface area contributed by atoms with Gasteiger partial charge in [-0.05, 0) is 17.7 Å². The molecule has 2 heterocycles. The highest BCUT2D eigenvalue weighted by Crippen LogP contribution is 2.36. The third kappa shape index (κ3) is 2.24. The zero-order chi connectivity index (χ0) is 16.7. The number of rotatable bonds is 3. The average molecular weight is 320 g/mol. The zero-order valence-electron chi connectivity index (χ0n) is 13.1. The maximum Gasteiger partial charge on any atom is 0.173 e. The van der Waals surface area contributed by atoms with Crippen LogP contribution in [-0.2, 0) is 13.7 Å². The predicted octanol–water partition coefficient (Wildman–Crippen LogP) is 2.83. The number of nitrogens with one attached hydrogen (secondary N) is 1. The summed E-state index contributed by atoms with van der Waals surface area (Å²) in [6.45, 7) is -0.0284. The van der Waals surface area contributed by atoms with Crippen molar-refractivity contribution < 1.29 is 10.2 Å². The van der Waals surface area contributed by atoms with Gasteiger partial charge in [-0.3, -0.25) is 4.68 Å². The average Bonchev–Trinajstić information content (AvgIpc) is 3.15. The lowest BCUT2D eigenvalue weighted by molar-refractivity contribution is 0.282. The minimum atomic E-state index is -0.0284. The minimum absolute atomic E-state index is 0.0284. The van der Waals surface area contributed by atoms with Crippen LogP contribution in [0.3, 0.4) is 0 Å². The smallest absolute Gasteiger partial charge is 0.173 e. The van der Waals surface area contributed by atoms with Gasteiger partial charge in [0.15, 0.2) is 11.6 Å². The van der Waals surface area contributed by atoms with E-state index < -0.39 is 0 Å². The summed E-state index contributed by atoms with van der Waals surface area (Å²) in [6, 6.07) is 15.0. The highest BCUT2D eigenvalue weighted by atomic mass is 16.3. The van der Waals surface area contributed by atoms with Gasteiger partial charge in [0.05, 0.1) is 17.6 Å². The Balaban J connectivity index is 1.86. The van der Waals surface area contributed by atoms with E-state index in [0.717, 1.165) is 22.2 Å². The molecule has 6 nitrogen and oxygen atoms in total. The Morgan fingerprint density at radius 3 is 2.67 bits per heavy atom. The maximum atomic E-state index is 10.7. The minimum Gasteiger partial charge on any atom is -0.504 e. The Labute approximate surface area is 138 Å². The number of aromatic nitrogens is 4. The Kier molecular flexibility index (Phi) is 3.32. The molecule has 2 aromatic carbocycles. The number of aromatic hydroxyl groups is 1. The lowest BCUT2D eigenvalue weighted by Gasteiger charge is -1.98. The number of aryl methyl sites for hydroxylation is 1. The van der Waals surface area contributed by atoms with Crippen molar-refractivity contribution in [3.8, 4) is 28.5 Å². The molecular formula is C18H16N4O2. The molecule has 0 radical (unpaired) electrons. The predicted molar refractivity (Wildman–Crippen MR) is 91.3 cm³/mol. The third-order valence-electron chi connectivity index (χ3n) is 4.02. The molecule has 3 N–H and O–H groups in total. The largest absolute Gasteiger partial charge is 0.504 e. The fourth-order valence-electron chi connectivity index (χ4n) is 2.84. The molecule has 0 unspecified atom stereocenters. The lowest BCUT2D eigenvalue weighted by Crippen LogP contribution is -1.95. The third-order valence-corrected chi connectivity index (χ3v) is 4.02. The topological polar surface area (TPSA) is 87.0 Å². The molecule has 0 amide bonds. The van der Waals surface area contributed by atoms with Crippen LogP contribution in [0.15, 0.2) is 48.5 Å². The molecule has 0 saturated carbocycles. The van der Waals surface area contributed by atoms with Crippen LogP contribution in [0.1, 0.15) is 5.56 Å². The second-order valence-corrected chi connectivity index (χ2v) is 5.63. The molecule has 4 rings (SSSR count). The summed E-state index contributed by atoms with van der Waals surface area (Å²) in [7, 11) is 1.77. The zero-order valence-corrected chi connectivity index (χ0v) is 13.1. The summed E-state index contributed by atoms with van der Waals surface area (Å²) >= 11 is 0. The van der Waals surface area contributed by atoms with Gasteiger partial charge in [-0.25, -0.2) is 4.98 Å². The van der Waals surface area contributed by atoms with Crippen LogP contribution >= 0.6 is 0 Å². The van der Waals surface area contributed by atoms with E-state index in [4.69, 9.17) is 0 Å². The maximum absolute atomic E-state index is 10.7. The summed E-state index contributed by atoms with van der Waals surface area (Å²) < 4.78 is 1.61. The number of aliphatic hydroxyl groups is 1. The van der Waals surface area contributed by atoms with Crippen LogP contribution < -0.4 is 0 Å². The molecule has 24 heavy (non-hydrogen) atoms. The normalized spacial score (nSPS) is 11.2. The second kappa shape index (κ2) is 5.50. The first-order chi connectivity index (χ1) is 11.7. The number of aliphatic hydroxyl groups excluding tert-OH is 1. The quantitative estimate of drug-likeness (QED) is 0.542. The van der Waals surface area contributed by atoms with Gasteiger partial charge in [0, 0.05) is 12.6 Å². The number of fused-ring (bicyclic) bond motifs is 1. The molecule has 4 aromatic rings. The highest BCUT2D eigenvalue weighted by Gasteiger charge is 2.20. The van der Waals surface area contributed by atoms with E-state index in [0.29, 0.717) is 17.2 Å². The molecule has 2 aromatic heterocycles. The van der Waals surface area contributed by atoms with Crippen molar-refractivity contribution >= 4 is 11.0 Å². The van der Waals surface area contributed by atoms with Gasteiger partial charge in [-0.2, -0.15) is 5.10 Å². The molecule has 6 heteroatoms. The molecule has 0 fully saturated rings. The van der Waals surface area contributed by atoms with Crippen molar-refractivity contribution in [2.45, 2.75) is 6.61 Å². The first kappa shape index (κ1) is 14.5. The summed E-state index contributed by atoms with van der Waals surface area (Å²) in [4.78, 5) is 7.72. The van der Waals surface area contributed by atoms with Crippen LogP contribution in [0.5, 0.6) is 5.75 Å². The number of hydrogen-bond donors (Lipinski definition) is 3. The molecule has 0 spiro atoms. The summed E-state index contributed by atoms with van der Waals surface area (Å²) in [6.07, 6.45) is 0. The summed E-state index contributed by atoms with van der Waals surface area (Å²) in [5, 5.41) is 24.3. The Hall–Kier alpha value is -3.12. The van der Waals surface area contributed by atoms with Gasteiger partial charge >= 0.3 is 0 Å². The Bertz CT molecular complexity index is 1020. The Morgan fingerprint density at radius 1 is 1.12 bits per heavy atom. The fourth-order valence-corrected chi connectivity index (χ4v) is 2.84. The van der Waals surface area contributed by atoms with Gasteiger partial charge in [0.1, 0.15) is 11.4 Å². The van der Waals surface area contributed by atoms with Gasteiger partial charge in [0.25, 0.3) is 0 Å². The first-order valence-corrected chi connectivity index (χ1v) is 7.58. The van der Waals surface area contributed by atoms with Crippen molar-refractivity contribution in [1.29, 1.82) is 0 Å². The number of benzene rings is 2. The monoisotopic (exact) mass is 320 g/mol. The molecule has 0 aliphatic carbocycles. The van der Waals surface area contributed by atoms with Crippen molar-refractivity contribution in [3.63, 3.8) is 0 Å². The van der Waals surface area contributed by atoms with Crippen molar-refractivity contribution in [2.24, 2.45) is 7.05 Å². The van der Waals surface area contributed by atoms with E-state index >= 15 is 0 Å². The van der Waals surface area contributed by atoms with Gasteiger partial charge in [-0.1, -0.05) is 36.4 Å². The van der Waals surface area contributed by atoms with Crippen LogP contribution in [-0.4, -0.2) is 30.0 Å². The second-order valence-electron chi connectivity index (χ2n) is 5.63. The number of imidazole rings is 1. The van der Waals surface area contributed by atoms with Crippen molar-refractivity contribution in [1.82, 2.24) is 19.7 Å². The number of aromatic amines is 1. The van der Waals surface area contributed by atoms with E-state index in [1.165, 1.54) is 0 Å². The lowest BCUT2D eigenvalue weighted by atomic mass is 10.1. The molecule has 0 atom stereocenters. The molecule has 120 valence electrons. The molecule has 0 saturated heterocycles. The summed E-state index contributed by atoms with van der Waals surface area (Å²) in [5.74, 6) is 0.625. The van der Waals surface area contributed by atoms with Gasteiger partial charge < -0.3 is 15.2 Å². The van der Waals surface area contributed by atoms with Crippen molar-refractivity contribution in [2.75, 3.05) is 0 Å². The van der Waals surface area contributed by atoms with Crippen LogP contribution in [0.4, 0.5) is 0 Å². The SMILES string of the molecule is Cn1nc(-c2ccccc2)c(O)c1-c1nc2ccc(CO)cc2[nH]1. The molecular weight excluding hydrogens is 304 g/mol. The number of H-pyrrole nitrogens is 1. The molecule has 0 aliphatic heterocycles.